The summed E-state index contributed by atoms with van der Waals surface area (Å²) in [4.78, 5) is 53.4. The molecule has 0 aromatic carbocycles. The van der Waals surface area contributed by atoms with Gasteiger partial charge in [0.15, 0.2) is 0 Å². The van der Waals surface area contributed by atoms with Gasteiger partial charge in [-0.05, 0) is 37.5 Å². The third kappa shape index (κ3) is 4.74. The number of piperazine rings is 1. The maximum atomic E-state index is 13.3. The van der Waals surface area contributed by atoms with Crippen LogP contribution in [0, 0.1) is 18.3 Å². The fourth-order valence-corrected chi connectivity index (χ4v) is 6.06. The van der Waals surface area contributed by atoms with Crippen molar-refractivity contribution >= 4 is 23.7 Å². The summed E-state index contributed by atoms with van der Waals surface area (Å²) < 4.78 is 0. The molecule has 2 saturated heterocycles. The third-order valence-corrected chi connectivity index (χ3v) is 7.25. The molecule has 4 amide bonds. The minimum absolute atomic E-state index is 0.0360. The molecule has 1 N–H and O–H groups in total. The first-order valence-corrected chi connectivity index (χ1v) is 12.4. The van der Waals surface area contributed by atoms with Gasteiger partial charge in [0.1, 0.15) is 23.7 Å². The number of nitrogens with one attached hydrogen (secondary N) is 1. The largest absolute Gasteiger partial charge is 0.353 e. The molecule has 2 unspecified atom stereocenters. The predicted molar refractivity (Wildman–Crippen MR) is 129 cm³/mol. The molecule has 1 saturated carbocycles. The minimum Gasteiger partial charge on any atom is -0.353 e. The van der Waals surface area contributed by atoms with E-state index >= 15 is 0 Å². The number of carbonyl (C=O) groups excluding carboxylic acids is 3. The molecule has 2 atom stereocenters. The van der Waals surface area contributed by atoms with Crippen molar-refractivity contribution in [2.45, 2.75) is 72.3 Å². The van der Waals surface area contributed by atoms with Crippen LogP contribution >= 0.6 is 0 Å². The number of urea groups is 1. The number of hydrogen-bond donors (Lipinski definition) is 1. The van der Waals surface area contributed by atoms with Gasteiger partial charge in [0.2, 0.25) is 5.91 Å². The lowest BCUT2D eigenvalue weighted by molar-refractivity contribution is -0.140. The van der Waals surface area contributed by atoms with Gasteiger partial charge in [-0.3, -0.25) is 14.5 Å². The monoisotopic (exact) mass is 470 g/mol. The van der Waals surface area contributed by atoms with Gasteiger partial charge in [0.25, 0.3) is 5.91 Å². The van der Waals surface area contributed by atoms with Crippen molar-refractivity contribution in [1.29, 1.82) is 0 Å². The van der Waals surface area contributed by atoms with Gasteiger partial charge in [-0.1, -0.05) is 34.6 Å². The van der Waals surface area contributed by atoms with E-state index in [0.29, 0.717) is 44.9 Å². The second-order valence-corrected chi connectivity index (χ2v) is 11.5. The third-order valence-electron chi connectivity index (χ3n) is 7.25. The molecule has 186 valence electrons. The van der Waals surface area contributed by atoms with Crippen LogP contribution in [0.15, 0.2) is 6.07 Å². The Labute approximate surface area is 202 Å². The topological polar surface area (TPSA) is 98.7 Å². The summed E-state index contributed by atoms with van der Waals surface area (Å²) in [5.74, 6) is 1.84. The zero-order valence-corrected chi connectivity index (χ0v) is 21.3. The van der Waals surface area contributed by atoms with Crippen LogP contribution in [0.3, 0.4) is 0 Å². The Bertz CT molecular complexity index is 985. The summed E-state index contributed by atoms with van der Waals surface area (Å²) in [6.07, 6.45) is 2.25. The molecular weight excluding hydrogens is 432 g/mol. The van der Waals surface area contributed by atoms with E-state index in [9.17, 15) is 14.4 Å². The van der Waals surface area contributed by atoms with Crippen LogP contribution in [0.25, 0.3) is 0 Å². The van der Waals surface area contributed by atoms with Crippen molar-refractivity contribution in [3.63, 3.8) is 0 Å². The van der Waals surface area contributed by atoms with Gasteiger partial charge in [-0.2, -0.15) is 0 Å². The zero-order chi connectivity index (χ0) is 24.8. The van der Waals surface area contributed by atoms with E-state index in [-0.39, 0.29) is 29.7 Å². The molecule has 0 bridgehead atoms. The normalized spacial score (nSPS) is 27.0. The van der Waals surface area contributed by atoms with Crippen molar-refractivity contribution in [3.05, 3.63) is 17.6 Å². The number of rotatable bonds is 4. The molecule has 3 fully saturated rings. The maximum absolute atomic E-state index is 13.3. The average molecular weight is 471 g/mol. The van der Waals surface area contributed by atoms with Crippen molar-refractivity contribution in [1.82, 2.24) is 25.1 Å². The lowest BCUT2D eigenvalue weighted by Crippen LogP contribution is -2.55. The number of hydrogen-bond acceptors (Lipinski definition) is 6. The quantitative estimate of drug-likeness (QED) is 0.680. The summed E-state index contributed by atoms with van der Waals surface area (Å²) >= 11 is 0. The van der Waals surface area contributed by atoms with Crippen LogP contribution < -0.4 is 10.2 Å². The number of carbonyl (C=O) groups is 3. The summed E-state index contributed by atoms with van der Waals surface area (Å²) in [5, 5.41) is 2.96. The van der Waals surface area contributed by atoms with Crippen molar-refractivity contribution in [2.75, 3.05) is 37.6 Å². The predicted octanol–water partition coefficient (Wildman–Crippen LogP) is 2.69. The van der Waals surface area contributed by atoms with E-state index in [1.807, 2.05) is 13.0 Å². The van der Waals surface area contributed by atoms with E-state index < -0.39 is 11.6 Å². The molecule has 3 heterocycles. The van der Waals surface area contributed by atoms with Gasteiger partial charge in [-0.15, -0.1) is 0 Å². The van der Waals surface area contributed by atoms with Crippen LogP contribution in [0.5, 0.6) is 0 Å². The van der Waals surface area contributed by atoms with E-state index in [4.69, 9.17) is 4.98 Å². The molecule has 9 nitrogen and oxygen atoms in total. The highest BCUT2D eigenvalue weighted by Crippen LogP contribution is 2.46. The molecule has 1 spiro atoms. The molecule has 1 aliphatic carbocycles. The smallest absolute Gasteiger partial charge is 0.325 e. The Balaban J connectivity index is 1.38. The minimum atomic E-state index is -0.879. The lowest BCUT2D eigenvalue weighted by Gasteiger charge is -2.43. The first-order chi connectivity index (χ1) is 15.9. The summed E-state index contributed by atoms with van der Waals surface area (Å²) in [6, 6.07) is 1.53. The summed E-state index contributed by atoms with van der Waals surface area (Å²) in [6.45, 7) is 14.7. The lowest BCUT2D eigenvalue weighted by atomic mass is 9.64. The molecule has 34 heavy (non-hydrogen) atoms. The van der Waals surface area contributed by atoms with E-state index in [1.54, 1.807) is 4.90 Å². The molecule has 2 aliphatic heterocycles. The van der Waals surface area contributed by atoms with Crippen molar-refractivity contribution < 1.29 is 14.4 Å². The van der Waals surface area contributed by atoms with Crippen LogP contribution in [0.1, 0.15) is 71.3 Å². The molecule has 1 aromatic rings. The van der Waals surface area contributed by atoms with E-state index in [2.05, 4.69) is 49.8 Å². The van der Waals surface area contributed by atoms with Crippen molar-refractivity contribution in [2.24, 2.45) is 11.3 Å². The zero-order valence-electron chi connectivity index (χ0n) is 21.3. The van der Waals surface area contributed by atoms with E-state index in [1.165, 1.54) is 0 Å². The van der Waals surface area contributed by atoms with Crippen molar-refractivity contribution in [3.8, 4) is 0 Å². The highest BCUT2D eigenvalue weighted by molar-refractivity contribution is 6.09. The summed E-state index contributed by atoms with van der Waals surface area (Å²) in [5.41, 5.74) is 0.0157. The van der Waals surface area contributed by atoms with Gasteiger partial charge in [0.05, 0.1) is 0 Å². The number of anilines is 1. The molecule has 9 heteroatoms. The van der Waals surface area contributed by atoms with Crippen LogP contribution in [0.2, 0.25) is 0 Å². The van der Waals surface area contributed by atoms with Gasteiger partial charge in [-0.25, -0.2) is 14.8 Å². The molecule has 1 aromatic heterocycles. The fraction of sp³-hybridized carbons (Fsp3) is 0.720. The fourth-order valence-electron chi connectivity index (χ4n) is 6.06. The molecule has 0 radical (unpaired) electrons. The number of imide groups is 1. The number of aromatic nitrogens is 2. The number of nitrogens with zero attached hydrogens (tertiary/aromatic N) is 5. The second kappa shape index (κ2) is 8.82. The molecular formula is C25H38N6O3. The number of amides is 4. The Morgan fingerprint density at radius 3 is 2.44 bits per heavy atom. The van der Waals surface area contributed by atoms with Gasteiger partial charge >= 0.3 is 6.03 Å². The summed E-state index contributed by atoms with van der Waals surface area (Å²) in [7, 11) is 0. The Morgan fingerprint density at radius 2 is 1.82 bits per heavy atom. The molecule has 3 aliphatic rings. The number of aryl methyl sites for hydroxylation is 1. The molecule has 4 rings (SSSR count). The second-order valence-electron chi connectivity index (χ2n) is 11.5. The van der Waals surface area contributed by atoms with Crippen LogP contribution in [0.4, 0.5) is 10.6 Å². The Kier molecular flexibility index (Phi) is 6.33. The van der Waals surface area contributed by atoms with Gasteiger partial charge in [0, 0.05) is 43.9 Å². The van der Waals surface area contributed by atoms with Crippen LogP contribution in [-0.4, -0.2) is 75.9 Å². The standard InChI is InChI=1S/C25H38N6O3/c1-16(2)21-26-18(4)11-19(27-21)29-7-9-30(10-8-29)20(32)14-31-22(33)25(28-23(31)34)13-17(3)12-24(5,6)15-25/h11,16-17H,7-10,12-15H2,1-6H3,(H,28,34). The van der Waals surface area contributed by atoms with Crippen LogP contribution in [-0.2, 0) is 9.59 Å². The Hall–Kier alpha value is -2.71. The maximum Gasteiger partial charge on any atom is 0.325 e. The van der Waals surface area contributed by atoms with E-state index in [0.717, 1.165) is 28.7 Å². The highest BCUT2D eigenvalue weighted by Gasteiger charge is 2.56. The first-order valence-electron chi connectivity index (χ1n) is 12.4. The average Bonchev–Trinajstić information content (AvgIpc) is 2.95. The van der Waals surface area contributed by atoms with Gasteiger partial charge < -0.3 is 15.1 Å². The first kappa shape index (κ1) is 24.4. The Morgan fingerprint density at radius 1 is 1.15 bits per heavy atom. The highest BCUT2D eigenvalue weighted by atomic mass is 16.2. The SMILES string of the molecule is Cc1cc(N2CCN(C(=O)CN3C(=O)NC4(CC(C)CC(C)(C)C4)C3=O)CC2)nc(C(C)C)n1.